The van der Waals surface area contributed by atoms with E-state index in [1.807, 2.05) is 35.3 Å². The quantitative estimate of drug-likeness (QED) is 0.194. The third-order valence-corrected chi connectivity index (χ3v) is 4.95. The van der Waals surface area contributed by atoms with Gasteiger partial charge in [0.05, 0.1) is 19.3 Å². The van der Waals surface area contributed by atoms with Crippen LogP contribution < -0.4 is 21.8 Å². The molecule has 162 valence electrons. The lowest BCUT2D eigenvalue weighted by Gasteiger charge is -2.29. The van der Waals surface area contributed by atoms with Crippen molar-refractivity contribution in [1.82, 2.24) is 26.1 Å². The van der Waals surface area contributed by atoms with Crippen LogP contribution in [0.2, 0.25) is 0 Å². The third kappa shape index (κ3) is 6.87. The van der Waals surface area contributed by atoms with Gasteiger partial charge >= 0.3 is 0 Å². The number of hydrogen-bond acceptors (Lipinski definition) is 5. The maximum atomic E-state index is 12.8. The van der Waals surface area contributed by atoms with Crippen molar-refractivity contribution in [3.63, 3.8) is 0 Å². The van der Waals surface area contributed by atoms with E-state index in [1.54, 1.807) is 0 Å². The van der Waals surface area contributed by atoms with Gasteiger partial charge in [-0.3, -0.25) is 15.6 Å². The van der Waals surface area contributed by atoms with Crippen LogP contribution in [0.25, 0.3) is 11.3 Å². The van der Waals surface area contributed by atoms with Gasteiger partial charge in [0.2, 0.25) is 0 Å². The molecule has 1 aromatic carbocycles. The Morgan fingerprint density at radius 2 is 1.97 bits per heavy atom. The van der Waals surface area contributed by atoms with E-state index in [0.717, 1.165) is 17.0 Å². The molecule has 9 heteroatoms. The Balaban J connectivity index is 1.56. The number of nitrogens with zero attached hydrogens (tertiary/aromatic N) is 1. The van der Waals surface area contributed by atoms with Gasteiger partial charge in [0.1, 0.15) is 0 Å². The van der Waals surface area contributed by atoms with Crippen LogP contribution in [0, 0.1) is 5.41 Å². The highest BCUT2D eigenvalue weighted by Gasteiger charge is 2.21. The molecule has 7 N–H and O–H groups in total. The molecular weight excluding hydrogens is 382 g/mol. The van der Waals surface area contributed by atoms with Crippen molar-refractivity contribution >= 4 is 11.9 Å². The Bertz CT molecular complexity index is 803. The van der Waals surface area contributed by atoms with Gasteiger partial charge in [-0.1, -0.05) is 30.3 Å². The van der Waals surface area contributed by atoms with Crippen LogP contribution in [0.5, 0.6) is 0 Å². The molecule has 0 spiro atoms. The van der Waals surface area contributed by atoms with Crippen molar-refractivity contribution in [2.24, 2.45) is 5.73 Å². The van der Waals surface area contributed by atoms with E-state index < -0.39 is 0 Å². The molecule has 1 aromatic heterocycles. The van der Waals surface area contributed by atoms with Crippen LogP contribution in [-0.4, -0.2) is 60.7 Å². The minimum atomic E-state index is -0.356. The van der Waals surface area contributed by atoms with Gasteiger partial charge in [0.15, 0.2) is 5.96 Å². The summed E-state index contributed by atoms with van der Waals surface area (Å²) in [7, 11) is 0. The molecule has 0 saturated carbocycles. The lowest BCUT2D eigenvalue weighted by atomic mass is 10.1. The smallest absolute Gasteiger partial charge is 0.251 e. The largest absolute Gasteiger partial charge is 0.379 e. The number of amides is 1. The number of aromatic nitrogens is 1. The molecule has 3 rings (SSSR count). The second-order valence-corrected chi connectivity index (χ2v) is 7.25. The van der Waals surface area contributed by atoms with E-state index in [2.05, 4.69) is 33.2 Å². The summed E-state index contributed by atoms with van der Waals surface area (Å²) in [6.45, 7) is 3.70. The molecule has 1 saturated heterocycles. The molecule has 30 heavy (non-hydrogen) atoms. The Morgan fingerprint density at radius 1 is 1.20 bits per heavy atom. The molecular formula is C21H31N7O2. The molecule has 2 heterocycles. The van der Waals surface area contributed by atoms with Crippen molar-refractivity contribution < 1.29 is 9.53 Å². The number of benzene rings is 1. The molecule has 1 fully saturated rings. The van der Waals surface area contributed by atoms with Crippen molar-refractivity contribution in [3.05, 3.63) is 48.2 Å². The van der Waals surface area contributed by atoms with Crippen molar-refractivity contribution in [1.29, 1.82) is 5.41 Å². The van der Waals surface area contributed by atoms with Crippen LogP contribution in [0.1, 0.15) is 18.5 Å². The van der Waals surface area contributed by atoms with Crippen molar-refractivity contribution in [2.45, 2.75) is 25.4 Å². The zero-order chi connectivity index (χ0) is 21.2. The molecule has 2 aromatic rings. The van der Waals surface area contributed by atoms with Crippen LogP contribution in [0.4, 0.5) is 0 Å². The summed E-state index contributed by atoms with van der Waals surface area (Å²) in [5.74, 6) is -0.119. The summed E-state index contributed by atoms with van der Waals surface area (Å²) >= 11 is 0. The fourth-order valence-corrected chi connectivity index (χ4v) is 3.33. The normalized spacial score (nSPS) is 15.5. The standard InChI is InChI=1S/C21H31N7O2/c22-21(23)24-10-4-7-19(20(29)27-28-11-13-30-14-12-28)25-15-17-8-9-18(26-17)16-5-2-1-3-6-16/h1-3,5-6,8-9,19,25-26H,4,7,10-15H2,(H,27,29)(H4,22,23,24). The first kappa shape index (κ1) is 21.8. The number of rotatable bonds is 10. The summed E-state index contributed by atoms with van der Waals surface area (Å²) in [6, 6.07) is 13.9. The van der Waals surface area contributed by atoms with Gasteiger partial charge in [-0.25, -0.2) is 5.01 Å². The summed E-state index contributed by atoms with van der Waals surface area (Å²) in [5.41, 5.74) is 11.5. The van der Waals surface area contributed by atoms with Gasteiger partial charge in [0.25, 0.3) is 5.91 Å². The van der Waals surface area contributed by atoms with Gasteiger partial charge in [0, 0.05) is 37.6 Å². The molecule has 9 nitrogen and oxygen atoms in total. The van der Waals surface area contributed by atoms with Crippen molar-refractivity contribution in [2.75, 3.05) is 32.8 Å². The number of aromatic amines is 1. The number of carbonyl (C=O) groups excluding carboxylic acids is 1. The lowest BCUT2D eigenvalue weighted by Crippen LogP contribution is -2.54. The highest BCUT2D eigenvalue weighted by atomic mass is 16.5. The van der Waals surface area contributed by atoms with E-state index in [9.17, 15) is 4.79 Å². The van der Waals surface area contributed by atoms with Crippen LogP contribution in [0.3, 0.4) is 0 Å². The monoisotopic (exact) mass is 413 g/mol. The first-order valence-corrected chi connectivity index (χ1v) is 10.3. The number of carbonyl (C=O) groups is 1. The van der Waals surface area contributed by atoms with Gasteiger partial charge in [-0.05, 0) is 30.5 Å². The second kappa shape index (κ2) is 11.3. The third-order valence-electron chi connectivity index (χ3n) is 4.95. The number of hydrogen-bond donors (Lipinski definition) is 6. The van der Waals surface area contributed by atoms with E-state index in [1.165, 1.54) is 0 Å². The van der Waals surface area contributed by atoms with Crippen LogP contribution in [-0.2, 0) is 16.1 Å². The van der Waals surface area contributed by atoms with Crippen LogP contribution in [0.15, 0.2) is 42.5 Å². The fraction of sp³-hybridized carbons (Fsp3) is 0.429. The Kier molecular flexibility index (Phi) is 8.25. The van der Waals surface area contributed by atoms with Crippen LogP contribution >= 0.6 is 0 Å². The highest BCUT2D eigenvalue weighted by molar-refractivity contribution is 5.81. The number of hydrazine groups is 1. The lowest BCUT2D eigenvalue weighted by molar-refractivity contribution is -0.130. The SMILES string of the molecule is N=C(N)NCCCC(NCc1ccc(-c2ccccc2)[nH]1)C(=O)NN1CCOCC1. The predicted octanol–water partition coefficient (Wildman–Crippen LogP) is 0.767. The number of nitrogens with two attached hydrogens (primary N) is 1. The highest BCUT2D eigenvalue weighted by Crippen LogP contribution is 2.18. The predicted molar refractivity (Wildman–Crippen MR) is 117 cm³/mol. The van der Waals surface area contributed by atoms with E-state index in [0.29, 0.717) is 52.2 Å². The zero-order valence-corrected chi connectivity index (χ0v) is 17.1. The Morgan fingerprint density at radius 3 is 2.70 bits per heavy atom. The molecule has 1 aliphatic rings. The van der Waals surface area contributed by atoms with Gasteiger partial charge < -0.3 is 26.1 Å². The molecule has 1 amide bonds. The number of guanidine groups is 1. The molecule has 1 unspecified atom stereocenters. The topological polar surface area (TPSA) is 131 Å². The minimum Gasteiger partial charge on any atom is -0.379 e. The molecule has 0 bridgehead atoms. The first-order valence-electron chi connectivity index (χ1n) is 10.3. The maximum absolute atomic E-state index is 12.8. The second-order valence-electron chi connectivity index (χ2n) is 7.25. The van der Waals surface area contributed by atoms with E-state index in [-0.39, 0.29) is 17.9 Å². The number of ether oxygens (including phenoxy) is 1. The molecule has 0 radical (unpaired) electrons. The average Bonchev–Trinajstić information content (AvgIpc) is 3.23. The number of nitrogens with one attached hydrogen (secondary N) is 5. The Hall–Kier alpha value is -2.88. The molecule has 0 aliphatic carbocycles. The first-order chi connectivity index (χ1) is 14.6. The van der Waals surface area contributed by atoms with E-state index >= 15 is 0 Å². The summed E-state index contributed by atoms with van der Waals surface area (Å²) in [4.78, 5) is 16.2. The Labute approximate surface area is 176 Å². The average molecular weight is 414 g/mol. The van der Waals surface area contributed by atoms with Gasteiger partial charge in [-0.15, -0.1) is 0 Å². The number of H-pyrrole nitrogens is 1. The minimum absolute atomic E-state index is 0.0582. The van der Waals surface area contributed by atoms with E-state index in [4.69, 9.17) is 15.9 Å². The van der Waals surface area contributed by atoms with Crippen molar-refractivity contribution in [3.8, 4) is 11.3 Å². The number of morpholine rings is 1. The summed E-state index contributed by atoms with van der Waals surface area (Å²) in [6.07, 6.45) is 1.34. The van der Waals surface area contributed by atoms with Gasteiger partial charge in [-0.2, -0.15) is 0 Å². The summed E-state index contributed by atoms with van der Waals surface area (Å²) in [5, 5.41) is 15.3. The maximum Gasteiger partial charge on any atom is 0.251 e. The molecule has 1 aliphatic heterocycles. The fourth-order valence-electron chi connectivity index (χ4n) is 3.33. The summed E-state index contributed by atoms with van der Waals surface area (Å²) < 4.78 is 5.33. The molecule has 1 atom stereocenters. The zero-order valence-electron chi connectivity index (χ0n) is 17.1.